The summed E-state index contributed by atoms with van der Waals surface area (Å²) in [6.45, 7) is 6.71. The normalized spacial score (nSPS) is 12.1. The maximum atomic E-state index is 11.4. The third-order valence-electron chi connectivity index (χ3n) is 4.10. The van der Waals surface area contributed by atoms with Crippen molar-refractivity contribution in [1.29, 1.82) is 0 Å². The number of aryl methyl sites for hydroxylation is 1. The van der Waals surface area contributed by atoms with Gasteiger partial charge in [-0.2, -0.15) is 0 Å². The summed E-state index contributed by atoms with van der Waals surface area (Å²) in [5.74, 6) is 1.62. The monoisotopic (exact) mass is 337 g/mol. The van der Waals surface area contributed by atoms with E-state index in [-0.39, 0.29) is 11.9 Å². The van der Waals surface area contributed by atoms with Gasteiger partial charge in [0.25, 0.3) is 0 Å². The molecule has 5 heteroatoms. The minimum absolute atomic E-state index is 0.0676. The molecule has 1 atom stereocenters. The van der Waals surface area contributed by atoms with Crippen molar-refractivity contribution in [3.63, 3.8) is 0 Å². The van der Waals surface area contributed by atoms with Crippen molar-refractivity contribution in [3.8, 4) is 5.75 Å². The lowest BCUT2D eigenvalue weighted by molar-refractivity contribution is -0.119. The first-order valence-electron chi connectivity index (χ1n) is 8.46. The van der Waals surface area contributed by atoms with Gasteiger partial charge in [-0.05, 0) is 38.1 Å². The van der Waals surface area contributed by atoms with E-state index >= 15 is 0 Å². The Hall–Kier alpha value is -2.82. The largest absolute Gasteiger partial charge is 0.492 e. The van der Waals surface area contributed by atoms with Crippen LogP contribution in [0.5, 0.6) is 5.75 Å². The maximum absolute atomic E-state index is 11.4. The van der Waals surface area contributed by atoms with Gasteiger partial charge in [-0.3, -0.25) is 4.79 Å². The Bertz CT molecular complexity index is 868. The SMILES string of the molecule is CC(=O)NC(C)c1nc2ccccc2n1CCOc1ccc(C)cc1. The van der Waals surface area contributed by atoms with Crippen LogP contribution in [0.2, 0.25) is 0 Å². The molecule has 0 aliphatic heterocycles. The summed E-state index contributed by atoms with van der Waals surface area (Å²) >= 11 is 0. The van der Waals surface area contributed by atoms with E-state index in [2.05, 4.69) is 16.8 Å². The number of nitrogens with one attached hydrogen (secondary N) is 1. The number of ether oxygens (including phenoxy) is 1. The van der Waals surface area contributed by atoms with Crippen LogP contribution in [0.25, 0.3) is 11.0 Å². The number of aromatic nitrogens is 2. The van der Waals surface area contributed by atoms with E-state index in [0.29, 0.717) is 13.2 Å². The van der Waals surface area contributed by atoms with Gasteiger partial charge in [-0.15, -0.1) is 0 Å². The fourth-order valence-corrected chi connectivity index (χ4v) is 2.92. The fraction of sp³-hybridized carbons (Fsp3) is 0.300. The van der Waals surface area contributed by atoms with Gasteiger partial charge in [0.05, 0.1) is 23.6 Å². The first kappa shape index (κ1) is 17.0. The van der Waals surface area contributed by atoms with Crippen molar-refractivity contribution >= 4 is 16.9 Å². The van der Waals surface area contributed by atoms with E-state index in [9.17, 15) is 4.79 Å². The van der Waals surface area contributed by atoms with Crippen molar-refractivity contribution in [2.45, 2.75) is 33.4 Å². The third-order valence-corrected chi connectivity index (χ3v) is 4.10. The summed E-state index contributed by atoms with van der Waals surface area (Å²) in [7, 11) is 0. The van der Waals surface area contributed by atoms with E-state index in [1.807, 2.05) is 55.5 Å². The summed E-state index contributed by atoms with van der Waals surface area (Å²) < 4.78 is 7.98. The molecular weight excluding hydrogens is 314 g/mol. The smallest absolute Gasteiger partial charge is 0.217 e. The molecule has 0 saturated carbocycles. The first-order chi connectivity index (χ1) is 12.0. The van der Waals surface area contributed by atoms with Gasteiger partial charge < -0.3 is 14.6 Å². The molecule has 0 aliphatic carbocycles. The molecule has 1 amide bonds. The van der Waals surface area contributed by atoms with Crippen LogP contribution in [-0.2, 0) is 11.3 Å². The lowest BCUT2D eigenvalue weighted by Crippen LogP contribution is -2.27. The summed E-state index contributed by atoms with van der Waals surface area (Å²) in [6, 6.07) is 15.8. The molecule has 0 radical (unpaired) electrons. The van der Waals surface area contributed by atoms with Crippen molar-refractivity contribution in [1.82, 2.24) is 14.9 Å². The van der Waals surface area contributed by atoms with Crippen LogP contribution >= 0.6 is 0 Å². The van der Waals surface area contributed by atoms with Gasteiger partial charge in [0.1, 0.15) is 18.2 Å². The number of para-hydroxylation sites is 2. The van der Waals surface area contributed by atoms with E-state index in [0.717, 1.165) is 22.6 Å². The van der Waals surface area contributed by atoms with Gasteiger partial charge in [0.2, 0.25) is 5.91 Å². The molecule has 0 fully saturated rings. The highest BCUT2D eigenvalue weighted by Crippen LogP contribution is 2.21. The van der Waals surface area contributed by atoms with Crippen molar-refractivity contribution in [2.75, 3.05) is 6.61 Å². The number of nitrogens with zero attached hydrogens (tertiary/aromatic N) is 2. The molecular formula is C20H23N3O2. The molecule has 25 heavy (non-hydrogen) atoms. The van der Waals surface area contributed by atoms with Crippen LogP contribution in [0.3, 0.4) is 0 Å². The molecule has 1 unspecified atom stereocenters. The average molecular weight is 337 g/mol. The maximum Gasteiger partial charge on any atom is 0.217 e. The number of carbonyl (C=O) groups excluding carboxylic acids is 1. The Kier molecular flexibility index (Phi) is 5.03. The topological polar surface area (TPSA) is 56.2 Å². The van der Waals surface area contributed by atoms with E-state index in [4.69, 9.17) is 9.72 Å². The van der Waals surface area contributed by atoms with Crippen LogP contribution in [0.15, 0.2) is 48.5 Å². The molecule has 0 bridgehead atoms. The van der Waals surface area contributed by atoms with Crippen LogP contribution in [0.1, 0.15) is 31.3 Å². The minimum Gasteiger partial charge on any atom is -0.492 e. The van der Waals surface area contributed by atoms with Gasteiger partial charge in [-0.1, -0.05) is 29.8 Å². The Morgan fingerprint density at radius 3 is 2.64 bits per heavy atom. The van der Waals surface area contributed by atoms with Crippen LogP contribution in [0.4, 0.5) is 0 Å². The van der Waals surface area contributed by atoms with Crippen molar-refractivity contribution < 1.29 is 9.53 Å². The number of rotatable bonds is 6. The highest BCUT2D eigenvalue weighted by Gasteiger charge is 2.17. The van der Waals surface area contributed by atoms with E-state index in [1.165, 1.54) is 12.5 Å². The Morgan fingerprint density at radius 1 is 1.20 bits per heavy atom. The molecule has 5 nitrogen and oxygen atoms in total. The Balaban J connectivity index is 1.80. The number of benzene rings is 2. The molecule has 3 rings (SSSR count). The van der Waals surface area contributed by atoms with Crippen LogP contribution < -0.4 is 10.1 Å². The van der Waals surface area contributed by atoms with Crippen molar-refractivity contribution in [3.05, 3.63) is 59.9 Å². The highest BCUT2D eigenvalue weighted by molar-refractivity contribution is 5.77. The predicted molar refractivity (Wildman–Crippen MR) is 98.6 cm³/mol. The Labute approximate surface area is 147 Å². The zero-order chi connectivity index (χ0) is 17.8. The lowest BCUT2D eigenvalue weighted by atomic mass is 10.2. The molecule has 0 aliphatic rings. The summed E-state index contributed by atoms with van der Waals surface area (Å²) in [5.41, 5.74) is 3.17. The van der Waals surface area contributed by atoms with Crippen LogP contribution in [0, 0.1) is 6.92 Å². The van der Waals surface area contributed by atoms with Crippen molar-refractivity contribution in [2.24, 2.45) is 0 Å². The standard InChI is InChI=1S/C20H23N3O2/c1-14-8-10-17(11-9-14)25-13-12-23-19-7-5-4-6-18(19)22-20(23)15(2)21-16(3)24/h4-11,15H,12-13H2,1-3H3,(H,21,24). The number of hydrogen-bond donors (Lipinski definition) is 1. The summed E-state index contributed by atoms with van der Waals surface area (Å²) in [6.07, 6.45) is 0. The number of hydrogen-bond acceptors (Lipinski definition) is 3. The molecule has 2 aromatic carbocycles. The zero-order valence-electron chi connectivity index (χ0n) is 14.8. The second-order valence-electron chi connectivity index (χ2n) is 6.19. The van der Waals surface area contributed by atoms with Gasteiger partial charge in [0, 0.05) is 6.92 Å². The third kappa shape index (κ3) is 3.99. The molecule has 1 heterocycles. The van der Waals surface area contributed by atoms with Crippen LogP contribution in [-0.4, -0.2) is 22.1 Å². The quantitative estimate of drug-likeness (QED) is 0.747. The van der Waals surface area contributed by atoms with E-state index < -0.39 is 0 Å². The number of imidazole rings is 1. The first-order valence-corrected chi connectivity index (χ1v) is 8.46. The van der Waals surface area contributed by atoms with Gasteiger partial charge in [-0.25, -0.2) is 4.98 Å². The zero-order valence-corrected chi connectivity index (χ0v) is 14.8. The second-order valence-corrected chi connectivity index (χ2v) is 6.19. The van der Waals surface area contributed by atoms with Gasteiger partial charge >= 0.3 is 0 Å². The van der Waals surface area contributed by atoms with Gasteiger partial charge in [0.15, 0.2) is 0 Å². The molecule has 0 saturated heterocycles. The lowest BCUT2D eigenvalue weighted by Gasteiger charge is -2.16. The molecule has 130 valence electrons. The molecule has 3 aromatic rings. The van der Waals surface area contributed by atoms with E-state index in [1.54, 1.807) is 0 Å². The fourth-order valence-electron chi connectivity index (χ4n) is 2.92. The minimum atomic E-state index is -0.163. The number of carbonyl (C=O) groups is 1. The summed E-state index contributed by atoms with van der Waals surface area (Å²) in [4.78, 5) is 16.1. The second kappa shape index (κ2) is 7.38. The number of amides is 1. The average Bonchev–Trinajstić information content (AvgIpc) is 2.95. The summed E-state index contributed by atoms with van der Waals surface area (Å²) in [5, 5.41) is 2.91. The number of fused-ring (bicyclic) bond motifs is 1. The Morgan fingerprint density at radius 2 is 1.92 bits per heavy atom. The molecule has 1 N–H and O–H groups in total. The predicted octanol–water partition coefficient (Wildman–Crippen LogP) is 3.62. The highest BCUT2D eigenvalue weighted by atomic mass is 16.5. The molecule has 0 spiro atoms. The molecule has 1 aromatic heterocycles.